The Bertz CT molecular complexity index is 1000. The van der Waals surface area contributed by atoms with E-state index in [2.05, 4.69) is 6.07 Å². The van der Waals surface area contributed by atoms with Crippen molar-refractivity contribution >= 4 is 16.7 Å². The normalized spacial score (nSPS) is 15.3. The zero-order valence-corrected chi connectivity index (χ0v) is 13.8. The van der Waals surface area contributed by atoms with Crippen LogP contribution in [0.4, 0.5) is 0 Å². The van der Waals surface area contributed by atoms with Gasteiger partial charge in [-0.3, -0.25) is 0 Å². The van der Waals surface area contributed by atoms with Gasteiger partial charge in [0.2, 0.25) is 0 Å². The number of benzene rings is 3. The fraction of sp³-hybridized carbons (Fsp3) is 0.143. The number of carbonyl (C=O) groups is 1. The third-order valence-electron chi connectivity index (χ3n) is 4.08. The van der Waals surface area contributed by atoms with Crippen LogP contribution in [0.15, 0.2) is 60.7 Å². The van der Waals surface area contributed by atoms with Gasteiger partial charge in [0.1, 0.15) is 24.2 Å². The van der Waals surface area contributed by atoms with Crippen molar-refractivity contribution in [2.45, 2.75) is 6.10 Å². The molecule has 0 saturated carbocycles. The van der Waals surface area contributed by atoms with Crippen molar-refractivity contribution < 1.29 is 19.0 Å². The second kappa shape index (κ2) is 6.87. The SMILES string of the molecule is N#Cc1ccc2cc(OC(=O)c3ccc(OCC4CO4)cc3)ccc2c1. The lowest BCUT2D eigenvalue weighted by molar-refractivity contribution is 0.0735. The Kier molecular flexibility index (Phi) is 4.26. The number of hydrogen-bond donors (Lipinski definition) is 0. The van der Waals surface area contributed by atoms with Crippen molar-refractivity contribution in [3.05, 3.63) is 71.8 Å². The summed E-state index contributed by atoms with van der Waals surface area (Å²) in [6, 6.07) is 19.6. The molecule has 0 radical (unpaired) electrons. The maximum Gasteiger partial charge on any atom is 0.343 e. The molecule has 4 rings (SSSR count). The predicted molar refractivity (Wildman–Crippen MR) is 95.3 cm³/mol. The Morgan fingerprint density at radius 1 is 1.04 bits per heavy atom. The molecular formula is C21H15NO4. The van der Waals surface area contributed by atoms with Crippen molar-refractivity contribution in [1.82, 2.24) is 0 Å². The number of nitriles is 1. The van der Waals surface area contributed by atoms with Crippen LogP contribution in [0.25, 0.3) is 10.8 Å². The average Bonchev–Trinajstić information content (AvgIpc) is 3.51. The lowest BCUT2D eigenvalue weighted by Crippen LogP contribution is -2.09. The fourth-order valence-electron chi connectivity index (χ4n) is 2.56. The zero-order chi connectivity index (χ0) is 17.9. The molecule has 1 aliphatic heterocycles. The van der Waals surface area contributed by atoms with E-state index in [0.29, 0.717) is 29.2 Å². The van der Waals surface area contributed by atoms with Crippen LogP contribution in [-0.2, 0) is 4.74 Å². The van der Waals surface area contributed by atoms with Crippen molar-refractivity contribution in [1.29, 1.82) is 5.26 Å². The molecule has 0 spiro atoms. The Hall–Kier alpha value is -3.36. The van der Waals surface area contributed by atoms with Gasteiger partial charge in [-0.1, -0.05) is 12.1 Å². The van der Waals surface area contributed by atoms with Gasteiger partial charge >= 0.3 is 5.97 Å². The maximum absolute atomic E-state index is 12.3. The summed E-state index contributed by atoms with van der Waals surface area (Å²) >= 11 is 0. The molecule has 1 heterocycles. The van der Waals surface area contributed by atoms with Crippen LogP contribution in [0.2, 0.25) is 0 Å². The molecule has 128 valence electrons. The minimum absolute atomic E-state index is 0.191. The molecule has 26 heavy (non-hydrogen) atoms. The molecule has 0 N–H and O–H groups in total. The number of carbonyl (C=O) groups excluding carboxylic acids is 1. The van der Waals surface area contributed by atoms with E-state index < -0.39 is 5.97 Å². The first kappa shape index (κ1) is 16.1. The molecule has 1 aliphatic rings. The van der Waals surface area contributed by atoms with Gasteiger partial charge in [-0.05, 0) is 59.3 Å². The van der Waals surface area contributed by atoms with Crippen molar-refractivity contribution in [2.24, 2.45) is 0 Å². The lowest BCUT2D eigenvalue weighted by atomic mass is 10.1. The van der Waals surface area contributed by atoms with E-state index >= 15 is 0 Å². The third kappa shape index (κ3) is 3.66. The number of fused-ring (bicyclic) bond motifs is 1. The highest BCUT2D eigenvalue weighted by atomic mass is 16.6. The van der Waals surface area contributed by atoms with Gasteiger partial charge in [-0.25, -0.2) is 4.79 Å². The van der Waals surface area contributed by atoms with E-state index in [1.165, 1.54) is 0 Å². The highest BCUT2D eigenvalue weighted by Crippen LogP contribution is 2.23. The molecule has 1 saturated heterocycles. The summed E-state index contributed by atoms with van der Waals surface area (Å²) in [5, 5.41) is 10.8. The number of esters is 1. The Morgan fingerprint density at radius 2 is 1.73 bits per heavy atom. The molecule has 5 nitrogen and oxygen atoms in total. The summed E-state index contributed by atoms with van der Waals surface area (Å²) < 4.78 is 16.1. The van der Waals surface area contributed by atoms with E-state index in [-0.39, 0.29) is 6.10 Å². The number of hydrogen-bond acceptors (Lipinski definition) is 5. The molecule has 3 aromatic carbocycles. The van der Waals surface area contributed by atoms with Crippen LogP contribution in [0.3, 0.4) is 0 Å². The van der Waals surface area contributed by atoms with E-state index in [1.807, 2.05) is 12.1 Å². The van der Waals surface area contributed by atoms with Crippen LogP contribution < -0.4 is 9.47 Å². The van der Waals surface area contributed by atoms with Gasteiger partial charge in [0.25, 0.3) is 0 Å². The summed E-state index contributed by atoms with van der Waals surface area (Å²) in [6.07, 6.45) is 0.191. The molecule has 1 unspecified atom stereocenters. The number of rotatable bonds is 5. The topological polar surface area (TPSA) is 71.8 Å². The van der Waals surface area contributed by atoms with Crippen LogP contribution in [0, 0.1) is 11.3 Å². The quantitative estimate of drug-likeness (QED) is 0.400. The minimum Gasteiger partial charge on any atom is -0.491 e. The molecule has 3 aromatic rings. The molecular weight excluding hydrogens is 330 g/mol. The van der Waals surface area contributed by atoms with E-state index in [4.69, 9.17) is 19.5 Å². The number of epoxide rings is 1. The highest BCUT2D eigenvalue weighted by molar-refractivity contribution is 5.92. The summed E-state index contributed by atoms with van der Waals surface area (Å²) in [5.74, 6) is 0.713. The summed E-state index contributed by atoms with van der Waals surface area (Å²) in [5.41, 5.74) is 1.04. The largest absolute Gasteiger partial charge is 0.491 e. The third-order valence-corrected chi connectivity index (χ3v) is 4.08. The molecule has 1 atom stereocenters. The van der Waals surface area contributed by atoms with Crippen molar-refractivity contribution in [3.8, 4) is 17.6 Å². The van der Waals surface area contributed by atoms with E-state index in [0.717, 1.165) is 17.4 Å². The molecule has 0 bridgehead atoms. The first-order valence-electron chi connectivity index (χ1n) is 8.22. The van der Waals surface area contributed by atoms with Crippen molar-refractivity contribution in [3.63, 3.8) is 0 Å². The van der Waals surface area contributed by atoms with Crippen LogP contribution in [0.5, 0.6) is 11.5 Å². The van der Waals surface area contributed by atoms with E-state index in [9.17, 15) is 4.79 Å². The van der Waals surface area contributed by atoms with Gasteiger partial charge in [0.05, 0.1) is 23.8 Å². The second-order valence-corrected chi connectivity index (χ2v) is 6.02. The second-order valence-electron chi connectivity index (χ2n) is 6.02. The fourth-order valence-corrected chi connectivity index (χ4v) is 2.56. The van der Waals surface area contributed by atoms with Gasteiger partial charge in [-0.15, -0.1) is 0 Å². The maximum atomic E-state index is 12.3. The molecule has 1 fully saturated rings. The Balaban J connectivity index is 1.45. The van der Waals surface area contributed by atoms with Gasteiger partial charge in [0, 0.05) is 0 Å². The Labute approximate surface area is 150 Å². The smallest absolute Gasteiger partial charge is 0.343 e. The van der Waals surface area contributed by atoms with Gasteiger partial charge in [0.15, 0.2) is 0 Å². The van der Waals surface area contributed by atoms with Crippen LogP contribution in [-0.4, -0.2) is 25.3 Å². The van der Waals surface area contributed by atoms with Crippen molar-refractivity contribution in [2.75, 3.05) is 13.2 Å². The van der Waals surface area contributed by atoms with Crippen LogP contribution >= 0.6 is 0 Å². The summed E-state index contributed by atoms with van der Waals surface area (Å²) in [7, 11) is 0. The minimum atomic E-state index is -0.435. The number of ether oxygens (including phenoxy) is 3. The predicted octanol–water partition coefficient (Wildman–Crippen LogP) is 3.71. The van der Waals surface area contributed by atoms with Crippen LogP contribution in [0.1, 0.15) is 15.9 Å². The lowest BCUT2D eigenvalue weighted by Gasteiger charge is -2.07. The first-order valence-corrected chi connectivity index (χ1v) is 8.22. The molecule has 5 heteroatoms. The monoisotopic (exact) mass is 345 g/mol. The Morgan fingerprint density at radius 3 is 2.46 bits per heavy atom. The summed E-state index contributed by atoms with van der Waals surface area (Å²) in [4.78, 5) is 12.3. The summed E-state index contributed by atoms with van der Waals surface area (Å²) in [6.45, 7) is 1.27. The first-order chi connectivity index (χ1) is 12.7. The standard InChI is InChI=1S/C21H15NO4/c22-11-14-1-2-17-10-19(8-5-16(17)9-14)26-21(23)15-3-6-18(7-4-15)24-12-20-13-25-20/h1-10,20H,12-13H2. The molecule has 0 aromatic heterocycles. The average molecular weight is 345 g/mol. The van der Waals surface area contributed by atoms with Gasteiger partial charge in [-0.2, -0.15) is 5.26 Å². The molecule has 0 amide bonds. The van der Waals surface area contributed by atoms with Gasteiger partial charge < -0.3 is 14.2 Å². The molecule has 0 aliphatic carbocycles. The van der Waals surface area contributed by atoms with E-state index in [1.54, 1.807) is 48.5 Å². The highest BCUT2D eigenvalue weighted by Gasteiger charge is 2.23. The zero-order valence-electron chi connectivity index (χ0n) is 13.8. The number of nitrogens with zero attached hydrogens (tertiary/aromatic N) is 1.